The van der Waals surface area contributed by atoms with Gasteiger partial charge in [0.15, 0.2) is 15.6 Å². The fourth-order valence-electron chi connectivity index (χ4n) is 1.42. The number of halogens is 1. The molecule has 0 radical (unpaired) electrons. The highest BCUT2D eigenvalue weighted by atomic mass is 35.5. The van der Waals surface area contributed by atoms with Crippen LogP contribution in [0.25, 0.3) is 0 Å². The lowest BCUT2D eigenvalue weighted by Gasteiger charge is -2.12. The first-order valence-electron chi connectivity index (χ1n) is 5.25. The molecule has 0 aliphatic heterocycles. The molecule has 6 heteroatoms. The average molecular weight is 295 g/mol. The van der Waals surface area contributed by atoms with Gasteiger partial charge in [0, 0.05) is 0 Å². The molecule has 0 aliphatic carbocycles. The number of hydrogen-bond acceptors (Lipinski definition) is 4. The van der Waals surface area contributed by atoms with Crippen LogP contribution < -0.4 is 0 Å². The van der Waals surface area contributed by atoms with Gasteiger partial charge in [0.2, 0.25) is 0 Å². The minimum Gasteiger partial charge on any atom is -0.292 e. The molecule has 1 heterocycles. The summed E-state index contributed by atoms with van der Waals surface area (Å²) >= 11 is 6.84. The zero-order valence-corrected chi connectivity index (χ0v) is 12.3. The molecule has 96 valence electrons. The SMILES string of the molecule is CC(C)CS(=O)(=O)C(C)C(=O)c1ccc(Cl)s1. The third kappa shape index (κ3) is 3.79. The van der Waals surface area contributed by atoms with E-state index in [0.717, 1.165) is 11.3 Å². The summed E-state index contributed by atoms with van der Waals surface area (Å²) in [5.41, 5.74) is 0. The molecule has 0 spiro atoms. The molecule has 0 aliphatic rings. The van der Waals surface area contributed by atoms with Crippen LogP contribution in [0.5, 0.6) is 0 Å². The summed E-state index contributed by atoms with van der Waals surface area (Å²) in [6.45, 7) is 5.07. The van der Waals surface area contributed by atoms with Gasteiger partial charge in [0.25, 0.3) is 0 Å². The van der Waals surface area contributed by atoms with Crippen LogP contribution in [-0.4, -0.2) is 25.2 Å². The highest BCUT2D eigenvalue weighted by Crippen LogP contribution is 2.24. The van der Waals surface area contributed by atoms with E-state index in [4.69, 9.17) is 11.6 Å². The number of thiophene rings is 1. The van der Waals surface area contributed by atoms with E-state index in [9.17, 15) is 13.2 Å². The molecule has 1 aromatic heterocycles. The Bertz CT molecular complexity index is 503. The van der Waals surface area contributed by atoms with Gasteiger partial charge in [-0.15, -0.1) is 11.3 Å². The summed E-state index contributed by atoms with van der Waals surface area (Å²) < 4.78 is 24.3. The number of hydrogen-bond donors (Lipinski definition) is 0. The topological polar surface area (TPSA) is 51.2 Å². The first-order valence-corrected chi connectivity index (χ1v) is 8.16. The van der Waals surface area contributed by atoms with Gasteiger partial charge in [-0.2, -0.15) is 0 Å². The molecular formula is C11H15ClO3S2. The fraction of sp³-hybridized carbons (Fsp3) is 0.545. The van der Waals surface area contributed by atoms with E-state index in [1.807, 2.05) is 13.8 Å². The third-order valence-electron chi connectivity index (χ3n) is 2.29. The number of ketones is 1. The van der Waals surface area contributed by atoms with Crippen LogP contribution in [0, 0.1) is 5.92 Å². The van der Waals surface area contributed by atoms with Crippen molar-refractivity contribution in [2.24, 2.45) is 5.92 Å². The van der Waals surface area contributed by atoms with Crippen LogP contribution in [-0.2, 0) is 9.84 Å². The van der Waals surface area contributed by atoms with Crippen LogP contribution in [0.15, 0.2) is 12.1 Å². The maximum Gasteiger partial charge on any atom is 0.190 e. The highest BCUT2D eigenvalue weighted by Gasteiger charge is 2.30. The van der Waals surface area contributed by atoms with E-state index >= 15 is 0 Å². The molecule has 0 saturated heterocycles. The predicted octanol–water partition coefficient (Wildman–Crippen LogP) is 3.04. The van der Waals surface area contributed by atoms with Crippen molar-refractivity contribution in [1.82, 2.24) is 0 Å². The van der Waals surface area contributed by atoms with Gasteiger partial charge in [-0.05, 0) is 25.0 Å². The third-order valence-corrected chi connectivity index (χ3v) is 5.96. The van der Waals surface area contributed by atoms with Gasteiger partial charge >= 0.3 is 0 Å². The van der Waals surface area contributed by atoms with Crippen LogP contribution in [0.4, 0.5) is 0 Å². The normalized spacial score (nSPS) is 13.9. The van der Waals surface area contributed by atoms with Crippen LogP contribution in [0.3, 0.4) is 0 Å². The quantitative estimate of drug-likeness (QED) is 0.784. The van der Waals surface area contributed by atoms with E-state index < -0.39 is 15.1 Å². The molecule has 0 bridgehead atoms. The fourth-order valence-corrected chi connectivity index (χ4v) is 4.24. The number of rotatable bonds is 5. The summed E-state index contributed by atoms with van der Waals surface area (Å²) in [4.78, 5) is 12.4. The van der Waals surface area contributed by atoms with Crippen LogP contribution in [0.1, 0.15) is 30.4 Å². The molecule has 0 fully saturated rings. The van der Waals surface area contributed by atoms with Crippen molar-refractivity contribution in [2.75, 3.05) is 5.75 Å². The zero-order chi connectivity index (χ0) is 13.2. The molecule has 1 unspecified atom stereocenters. The van der Waals surface area contributed by atoms with E-state index in [2.05, 4.69) is 0 Å². The summed E-state index contributed by atoms with van der Waals surface area (Å²) in [7, 11) is -3.38. The molecular weight excluding hydrogens is 280 g/mol. The Morgan fingerprint density at radius 2 is 1.94 bits per heavy atom. The lowest BCUT2D eigenvalue weighted by Crippen LogP contribution is -2.30. The number of Topliss-reactive ketones (excluding diaryl/α,β-unsaturated/α-hetero) is 1. The minimum absolute atomic E-state index is 0.0159. The molecule has 0 amide bonds. The van der Waals surface area contributed by atoms with Crippen molar-refractivity contribution in [2.45, 2.75) is 26.0 Å². The number of carbonyl (C=O) groups excluding carboxylic acids is 1. The minimum atomic E-state index is -3.38. The average Bonchev–Trinajstić information content (AvgIpc) is 2.60. The van der Waals surface area contributed by atoms with Crippen LogP contribution >= 0.6 is 22.9 Å². The van der Waals surface area contributed by atoms with Crippen molar-refractivity contribution >= 4 is 38.6 Å². The Hall–Kier alpha value is -0.390. The first-order chi connectivity index (χ1) is 7.74. The van der Waals surface area contributed by atoms with Crippen molar-refractivity contribution in [1.29, 1.82) is 0 Å². The molecule has 0 N–H and O–H groups in total. The zero-order valence-electron chi connectivity index (χ0n) is 9.94. The smallest absolute Gasteiger partial charge is 0.190 e. The maximum atomic E-state index is 12.0. The molecule has 1 atom stereocenters. The largest absolute Gasteiger partial charge is 0.292 e. The molecule has 0 saturated carbocycles. The summed E-state index contributed by atoms with van der Waals surface area (Å²) in [6, 6.07) is 3.16. The van der Waals surface area contributed by atoms with Gasteiger partial charge < -0.3 is 0 Å². The Morgan fingerprint density at radius 1 is 1.35 bits per heavy atom. The number of sulfone groups is 1. The van der Waals surface area contributed by atoms with Crippen molar-refractivity contribution in [3.63, 3.8) is 0 Å². The monoisotopic (exact) mass is 294 g/mol. The van der Waals surface area contributed by atoms with Crippen molar-refractivity contribution in [3.8, 4) is 0 Å². The van der Waals surface area contributed by atoms with E-state index in [-0.39, 0.29) is 17.5 Å². The second kappa shape index (κ2) is 5.50. The van der Waals surface area contributed by atoms with E-state index in [1.165, 1.54) is 6.92 Å². The number of carbonyl (C=O) groups is 1. The van der Waals surface area contributed by atoms with Gasteiger partial charge in [0.05, 0.1) is 15.0 Å². The van der Waals surface area contributed by atoms with Gasteiger partial charge in [-0.1, -0.05) is 25.4 Å². The molecule has 0 aromatic carbocycles. The second-order valence-corrected chi connectivity index (χ2v) is 8.41. The first kappa shape index (κ1) is 14.7. The Morgan fingerprint density at radius 3 is 2.35 bits per heavy atom. The van der Waals surface area contributed by atoms with Crippen molar-refractivity contribution < 1.29 is 13.2 Å². The van der Waals surface area contributed by atoms with Gasteiger partial charge in [-0.25, -0.2) is 8.42 Å². The van der Waals surface area contributed by atoms with Crippen LogP contribution in [0.2, 0.25) is 4.34 Å². The van der Waals surface area contributed by atoms with Gasteiger partial charge in [-0.3, -0.25) is 4.79 Å². The molecule has 17 heavy (non-hydrogen) atoms. The second-order valence-electron chi connectivity index (χ2n) is 4.33. The van der Waals surface area contributed by atoms with E-state index in [0.29, 0.717) is 9.21 Å². The summed E-state index contributed by atoms with van der Waals surface area (Å²) in [5, 5.41) is -1.00. The van der Waals surface area contributed by atoms with E-state index in [1.54, 1.807) is 12.1 Å². The van der Waals surface area contributed by atoms with Crippen molar-refractivity contribution in [3.05, 3.63) is 21.3 Å². The lowest BCUT2D eigenvalue weighted by molar-refractivity contribution is 0.0995. The maximum absolute atomic E-state index is 12.0. The standard InChI is InChI=1S/C11H15ClO3S2/c1-7(2)6-17(14,15)8(3)11(13)9-4-5-10(12)16-9/h4-5,7-8H,6H2,1-3H3. The highest BCUT2D eigenvalue weighted by molar-refractivity contribution is 7.92. The Kier molecular flexibility index (Phi) is 4.75. The Labute approximate surface area is 111 Å². The Balaban J connectivity index is 2.90. The predicted molar refractivity (Wildman–Crippen MR) is 71.7 cm³/mol. The van der Waals surface area contributed by atoms with Gasteiger partial charge in [0.1, 0.15) is 5.25 Å². The summed E-state index contributed by atoms with van der Waals surface area (Å²) in [6.07, 6.45) is 0. The molecule has 1 rings (SSSR count). The lowest BCUT2D eigenvalue weighted by atomic mass is 10.2. The molecule has 3 nitrogen and oxygen atoms in total. The molecule has 1 aromatic rings. The summed E-state index contributed by atoms with van der Waals surface area (Å²) in [5.74, 6) is -0.330.